The zero-order valence-electron chi connectivity index (χ0n) is 9.62. The highest BCUT2D eigenvalue weighted by Crippen LogP contribution is 2.26. The first-order valence-corrected chi connectivity index (χ1v) is 7.00. The number of methoxy groups -OCH3 is 1. The van der Waals surface area contributed by atoms with E-state index in [1.165, 1.54) is 0 Å². The minimum absolute atomic E-state index is 0.135. The van der Waals surface area contributed by atoms with Crippen LogP contribution in [0.25, 0.3) is 0 Å². The minimum atomic E-state index is -0.974. The predicted octanol–water partition coefficient (Wildman–Crippen LogP) is 3.14. The van der Waals surface area contributed by atoms with E-state index in [-0.39, 0.29) is 5.01 Å². The summed E-state index contributed by atoms with van der Waals surface area (Å²) in [4.78, 5) is 15.8. The Morgan fingerprint density at radius 3 is 3.06 bits per heavy atom. The highest BCUT2D eigenvalue weighted by molar-refractivity contribution is 7.98. The van der Waals surface area contributed by atoms with Crippen LogP contribution in [-0.4, -0.2) is 23.2 Å². The van der Waals surface area contributed by atoms with E-state index in [2.05, 4.69) is 4.98 Å². The SMILES string of the molecule is COc1cccc(SCc2csc(C(=O)O)n2)c1. The van der Waals surface area contributed by atoms with Crippen LogP contribution in [0.3, 0.4) is 0 Å². The van der Waals surface area contributed by atoms with Crippen molar-refractivity contribution in [3.8, 4) is 5.75 Å². The van der Waals surface area contributed by atoms with Crippen LogP contribution in [0.15, 0.2) is 34.5 Å². The number of nitrogens with zero attached hydrogens (tertiary/aromatic N) is 1. The van der Waals surface area contributed by atoms with Crippen molar-refractivity contribution < 1.29 is 14.6 Å². The van der Waals surface area contributed by atoms with Gasteiger partial charge < -0.3 is 9.84 Å². The summed E-state index contributed by atoms with van der Waals surface area (Å²) >= 11 is 2.75. The molecule has 2 aromatic rings. The van der Waals surface area contributed by atoms with Gasteiger partial charge in [-0.15, -0.1) is 23.1 Å². The molecule has 6 heteroatoms. The van der Waals surface area contributed by atoms with E-state index in [1.54, 1.807) is 24.3 Å². The maximum atomic E-state index is 10.7. The van der Waals surface area contributed by atoms with Crippen LogP contribution in [0.5, 0.6) is 5.75 Å². The Morgan fingerprint density at radius 2 is 2.39 bits per heavy atom. The summed E-state index contributed by atoms with van der Waals surface area (Å²) in [5.41, 5.74) is 0.783. The first-order chi connectivity index (χ1) is 8.69. The Balaban J connectivity index is 1.99. The second kappa shape index (κ2) is 5.88. The van der Waals surface area contributed by atoms with Crippen molar-refractivity contribution in [1.82, 2.24) is 4.98 Å². The molecule has 0 aliphatic rings. The number of thiazole rings is 1. The first-order valence-electron chi connectivity index (χ1n) is 5.13. The molecule has 0 unspecified atom stereocenters. The molecule has 1 aromatic heterocycles. The fourth-order valence-corrected chi connectivity index (χ4v) is 2.92. The highest BCUT2D eigenvalue weighted by atomic mass is 32.2. The van der Waals surface area contributed by atoms with E-state index >= 15 is 0 Å². The molecule has 0 spiro atoms. The Hall–Kier alpha value is -1.53. The van der Waals surface area contributed by atoms with Crippen molar-refractivity contribution in [3.63, 3.8) is 0 Å². The molecule has 0 saturated heterocycles. The Kier molecular flexibility index (Phi) is 4.22. The smallest absolute Gasteiger partial charge is 0.365 e. The first kappa shape index (κ1) is 12.9. The largest absolute Gasteiger partial charge is 0.497 e. The summed E-state index contributed by atoms with van der Waals surface area (Å²) in [6.07, 6.45) is 0. The van der Waals surface area contributed by atoms with Gasteiger partial charge in [0.2, 0.25) is 5.01 Å². The fourth-order valence-electron chi connectivity index (χ4n) is 1.32. The topological polar surface area (TPSA) is 59.4 Å². The van der Waals surface area contributed by atoms with Crippen LogP contribution in [0.1, 0.15) is 15.5 Å². The molecule has 0 bridgehead atoms. The van der Waals surface area contributed by atoms with Gasteiger partial charge in [-0.3, -0.25) is 0 Å². The maximum Gasteiger partial charge on any atom is 0.365 e. The summed E-state index contributed by atoms with van der Waals surface area (Å²) in [5, 5.41) is 10.7. The molecule has 1 aromatic carbocycles. The molecular weight excluding hydrogens is 270 g/mol. The number of aromatic carboxylic acids is 1. The van der Waals surface area contributed by atoms with Gasteiger partial charge in [0.1, 0.15) is 5.75 Å². The van der Waals surface area contributed by atoms with E-state index in [0.717, 1.165) is 27.7 Å². The summed E-state index contributed by atoms with van der Waals surface area (Å²) in [5.74, 6) is 0.485. The molecule has 0 aliphatic carbocycles. The van der Waals surface area contributed by atoms with Crippen molar-refractivity contribution in [3.05, 3.63) is 40.3 Å². The quantitative estimate of drug-likeness (QED) is 0.853. The molecule has 0 fully saturated rings. The van der Waals surface area contributed by atoms with Gasteiger partial charge in [-0.2, -0.15) is 0 Å². The standard InChI is InChI=1S/C12H11NO3S2/c1-16-9-3-2-4-10(5-9)17-6-8-7-18-11(13-8)12(14)15/h2-5,7H,6H2,1H3,(H,14,15). The number of benzene rings is 1. The lowest BCUT2D eigenvalue weighted by Gasteiger charge is -2.02. The van der Waals surface area contributed by atoms with Crippen molar-refractivity contribution in [1.29, 1.82) is 0 Å². The normalized spacial score (nSPS) is 10.3. The number of hydrogen-bond donors (Lipinski definition) is 1. The van der Waals surface area contributed by atoms with E-state index in [1.807, 2.05) is 24.3 Å². The van der Waals surface area contributed by atoms with Crippen LogP contribution in [0, 0.1) is 0 Å². The predicted molar refractivity (Wildman–Crippen MR) is 71.6 cm³/mol. The van der Waals surface area contributed by atoms with Gasteiger partial charge in [-0.1, -0.05) is 6.07 Å². The lowest BCUT2D eigenvalue weighted by molar-refractivity contribution is 0.0696. The Morgan fingerprint density at radius 1 is 1.56 bits per heavy atom. The summed E-state index contributed by atoms with van der Waals surface area (Å²) in [6, 6.07) is 7.73. The minimum Gasteiger partial charge on any atom is -0.497 e. The monoisotopic (exact) mass is 281 g/mol. The molecule has 2 rings (SSSR count). The average Bonchev–Trinajstić information content (AvgIpc) is 2.85. The maximum absolute atomic E-state index is 10.7. The number of aromatic nitrogens is 1. The van der Waals surface area contributed by atoms with Gasteiger partial charge in [0.15, 0.2) is 0 Å². The third-order valence-corrected chi connectivity index (χ3v) is 4.07. The van der Waals surface area contributed by atoms with Crippen LogP contribution in [-0.2, 0) is 5.75 Å². The molecule has 1 N–H and O–H groups in total. The number of carboxylic acids is 1. The van der Waals surface area contributed by atoms with E-state index in [9.17, 15) is 4.79 Å². The van der Waals surface area contributed by atoms with Crippen LogP contribution in [0.4, 0.5) is 0 Å². The van der Waals surface area contributed by atoms with Gasteiger partial charge >= 0.3 is 5.97 Å². The molecule has 94 valence electrons. The van der Waals surface area contributed by atoms with Crippen molar-refractivity contribution in [2.75, 3.05) is 7.11 Å². The third kappa shape index (κ3) is 3.24. The second-order valence-electron chi connectivity index (χ2n) is 3.42. The Bertz CT molecular complexity index is 554. The van der Waals surface area contributed by atoms with Crippen LogP contribution in [0.2, 0.25) is 0 Å². The Labute approximate surface area is 113 Å². The molecule has 0 aliphatic heterocycles. The highest BCUT2D eigenvalue weighted by Gasteiger charge is 2.09. The lowest BCUT2D eigenvalue weighted by Crippen LogP contribution is -1.94. The van der Waals surface area contributed by atoms with Crippen molar-refractivity contribution in [2.45, 2.75) is 10.6 Å². The second-order valence-corrected chi connectivity index (χ2v) is 5.32. The van der Waals surface area contributed by atoms with Crippen LogP contribution < -0.4 is 4.74 Å². The van der Waals surface area contributed by atoms with E-state index < -0.39 is 5.97 Å². The summed E-state index contributed by atoms with van der Waals surface area (Å²) in [6.45, 7) is 0. The van der Waals surface area contributed by atoms with Crippen molar-refractivity contribution >= 4 is 29.1 Å². The number of carboxylic acid groups (broad SMARTS) is 1. The molecule has 0 radical (unpaired) electrons. The molecule has 18 heavy (non-hydrogen) atoms. The van der Waals surface area contributed by atoms with E-state index in [4.69, 9.17) is 9.84 Å². The molecule has 0 amide bonds. The summed E-state index contributed by atoms with van der Waals surface area (Å²) in [7, 11) is 1.63. The molecular formula is C12H11NO3S2. The van der Waals surface area contributed by atoms with E-state index in [0.29, 0.717) is 5.75 Å². The number of ether oxygens (including phenoxy) is 1. The number of hydrogen-bond acceptors (Lipinski definition) is 5. The van der Waals surface area contributed by atoms with Gasteiger partial charge in [-0.25, -0.2) is 9.78 Å². The van der Waals surface area contributed by atoms with Crippen LogP contribution >= 0.6 is 23.1 Å². The fraction of sp³-hybridized carbons (Fsp3) is 0.167. The molecule has 4 nitrogen and oxygen atoms in total. The molecule has 0 saturated carbocycles. The van der Waals surface area contributed by atoms with Crippen molar-refractivity contribution in [2.24, 2.45) is 0 Å². The zero-order valence-corrected chi connectivity index (χ0v) is 11.3. The lowest BCUT2D eigenvalue weighted by atomic mass is 10.3. The zero-order chi connectivity index (χ0) is 13.0. The van der Waals surface area contributed by atoms with Gasteiger partial charge in [0.25, 0.3) is 0 Å². The molecule has 1 heterocycles. The number of thioether (sulfide) groups is 1. The average molecular weight is 281 g/mol. The third-order valence-electron chi connectivity index (χ3n) is 2.16. The van der Waals surface area contributed by atoms with Gasteiger partial charge in [-0.05, 0) is 18.2 Å². The number of carbonyl (C=O) groups is 1. The van der Waals surface area contributed by atoms with Gasteiger partial charge in [0, 0.05) is 16.0 Å². The van der Waals surface area contributed by atoms with Gasteiger partial charge in [0.05, 0.1) is 12.8 Å². The summed E-state index contributed by atoms with van der Waals surface area (Å²) < 4.78 is 5.14. The number of rotatable bonds is 5. The molecule has 0 atom stereocenters.